The Morgan fingerprint density at radius 3 is 2.70 bits per heavy atom. The molecule has 2 N–H and O–H groups in total. The molecule has 0 aliphatic carbocycles. The summed E-state index contributed by atoms with van der Waals surface area (Å²) >= 11 is 7.51. The van der Waals surface area contributed by atoms with Gasteiger partial charge in [0.05, 0.1) is 10.7 Å². The predicted octanol–water partition coefficient (Wildman–Crippen LogP) is 2.34. The molecule has 2 heterocycles. The van der Waals surface area contributed by atoms with Crippen LogP contribution in [0.15, 0.2) is 18.2 Å². The second-order valence-electron chi connectivity index (χ2n) is 4.60. The van der Waals surface area contributed by atoms with Crippen LogP contribution in [-0.2, 0) is 10.8 Å². The molecule has 1 aliphatic rings. The number of benzene rings is 1. The van der Waals surface area contributed by atoms with Crippen LogP contribution < -0.4 is 5.73 Å². The van der Waals surface area contributed by atoms with Crippen molar-refractivity contribution >= 4 is 55.4 Å². The van der Waals surface area contributed by atoms with Crippen molar-refractivity contribution in [2.24, 2.45) is 0 Å². The third-order valence-electron chi connectivity index (χ3n) is 3.36. The van der Waals surface area contributed by atoms with E-state index in [1.54, 1.807) is 11.0 Å². The van der Waals surface area contributed by atoms with Crippen molar-refractivity contribution < 1.29 is 9.00 Å². The molecule has 1 aromatic heterocycles. The van der Waals surface area contributed by atoms with Gasteiger partial charge >= 0.3 is 0 Å². The summed E-state index contributed by atoms with van der Waals surface area (Å²) in [7, 11) is -0.800. The largest absolute Gasteiger partial charge is 0.397 e. The molecule has 0 atom stereocenters. The van der Waals surface area contributed by atoms with Crippen molar-refractivity contribution in [3.63, 3.8) is 0 Å². The summed E-state index contributed by atoms with van der Waals surface area (Å²) in [6, 6.07) is 5.52. The number of fused-ring (bicyclic) bond motifs is 1. The lowest BCUT2D eigenvalue weighted by Crippen LogP contribution is -2.41. The van der Waals surface area contributed by atoms with E-state index in [0.717, 1.165) is 10.1 Å². The average molecular weight is 329 g/mol. The third-order valence-corrected chi connectivity index (χ3v) is 6.11. The smallest absolute Gasteiger partial charge is 0.266 e. The maximum Gasteiger partial charge on any atom is 0.266 e. The lowest BCUT2D eigenvalue weighted by atomic mass is 10.2. The fourth-order valence-corrected chi connectivity index (χ4v) is 4.77. The number of halogens is 1. The van der Waals surface area contributed by atoms with Gasteiger partial charge in [-0.25, -0.2) is 0 Å². The van der Waals surface area contributed by atoms with E-state index in [2.05, 4.69) is 0 Å². The molecule has 0 saturated carbocycles. The second kappa shape index (κ2) is 5.35. The Morgan fingerprint density at radius 1 is 1.35 bits per heavy atom. The Labute approximate surface area is 128 Å². The summed E-state index contributed by atoms with van der Waals surface area (Å²) in [5.41, 5.74) is 6.54. The van der Waals surface area contributed by atoms with Gasteiger partial charge in [-0.2, -0.15) is 0 Å². The minimum absolute atomic E-state index is 0.0866. The Morgan fingerprint density at radius 2 is 2.05 bits per heavy atom. The van der Waals surface area contributed by atoms with Crippen LogP contribution >= 0.6 is 22.9 Å². The number of anilines is 1. The molecule has 0 bridgehead atoms. The van der Waals surface area contributed by atoms with Crippen molar-refractivity contribution in [2.75, 3.05) is 30.3 Å². The molecule has 7 heteroatoms. The van der Waals surface area contributed by atoms with Crippen LogP contribution in [0.4, 0.5) is 5.69 Å². The van der Waals surface area contributed by atoms with E-state index in [4.69, 9.17) is 17.3 Å². The number of hydrogen-bond acceptors (Lipinski definition) is 4. The molecule has 1 saturated heterocycles. The zero-order valence-corrected chi connectivity index (χ0v) is 13.0. The molecule has 106 valence electrons. The topological polar surface area (TPSA) is 63.4 Å². The Hall–Kier alpha value is -1.11. The van der Waals surface area contributed by atoms with E-state index in [1.807, 2.05) is 12.1 Å². The molecular formula is C13H13ClN2O2S2. The van der Waals surface area contributed by atoms with Gasteiger partial charge in [0.1, 0.15) is 4.88 Å². The molecule has 0 unspecified atom stereocenters. The number of nitrogen functional groups attached to an aromatic ring is 1. The standard InChI is InChI=1S/C13H13ClN2O2S2/c14-8-2-1-3-9-10(8)11(15)12(19-9)13(17)16-4-6-20(18)7-5-16/h1-3H,4-7,15H2. The highest BCUT2D eigenvalue weighted by atomic mass is 35.5. The zero-order chi connectivity index (χ0) is 14.3. The van der Waals surface area contributed by atoms with Crippen molar-refractivity contribution in [1.29, 1.82) is 0 Å². The SMILES string of the molecule is Nc1c(C(=O)N2CCS(=O)CC2)sc2cccc(Cl)c12. The second-order valence-corrected chi connectivity index (χ2v) is 7.75. The van der Waals surface area contributed by atoms with Gasteiger partial charge in [0, 0.05) is 45.5 Å². The predicted molar refractivity (Wildman–Crippen MR) is 85.0 cm³/mol. The Bertz CT molecular complexity index is 704. The van der Waals surface area contributed by atoms with Gasteiger partial charge in [-0.1, -0.05) is 17.7 Å². The highest BCUT2D eigenvalue weighted by Gasteiger charge is 2.25. The van der Waals surface area contributed by atoms with E-state index >= 15 is 0 Å². The molecule has 3 rings (SSSR count). The van der Waals surface area contributed by atoms with Gasteiger partial charge in [0.15, 0.2) is 0 Å². The highest BCUT2D eigenvalue weighted by Crippen LogP contribution is 2.38. The fourth-order valence-electron chi connectivity index (χ4n) is 2.27. The maximum absolute atomic E-state index is 12.5. The summed E-state index contributed by atoms with van der Waals surface area (Å²) < 4.78 is 12.3. The molecule has 1 fully saturated rings. The summed E-state index contributed by atoms with van der Waals surface area (Å²) in [6.45, 7) is 1.04. The van der Waals surface area contributed by atoms with Crippen molar-refractivity contribution in [3.8, 4) is 0 Å². The van der Waals surface area contributed by atoms with Crippen LogP contribution in [0, 0.1) is 0 Å². The average Bonchev–Trinajstić information content (AvgIpc) is 2.77. The van der Waals surface area contributed by atoms with Gasteiger partial charge in [-0.05, 0) is 12.1 Å². The van der Waals surface area contributed by atoms with Crippen LogP contribution in [0.2, 0.25) is 5.02 Å². The minimum Gasteiger partial charge on any atom is -0.397 e. The Balaban J connectivity index is 1.98. The number of rotatable bonds is 1. The molecule has 1 aliphatic heterocycles. The van der Waals surface area contributed by atoms with Crippen molar-refractivity contribution in [1.82, 2.24) is 4.90 Å². The molecule has 0 radical (unpaired) electrons. The lowest BCUT2D eigenvalue weighted by Gasteiger charge is -2.26. The van der Waals surface area contributed by atoms with Gasteiger partial charge in [0.2, 0.25) is 0 Å². The zero-order valence-electron chi connectivity index (χ0n) is 10.6. The van der Waals surface area contributed by atoms with E-state index in [9.17, 15) is 9.00 Å². The van der Waals surface area contributed by atoms with Crippen LogP contribution in [-0.4, -0.2) is 39.6 Å². The summed E-state index contributed by atoms with van der Waals surface area (Å²) in [6.07, 6.45) is 0. The maximum atomic E-state index is 12.5. The van der Waals surface area contributed by atoms with Crippen LogP contribution in [0.5, 0.6) is 0 Å². The fraction of sp³-hybridized carbons (Fsp3) is 0.308. The van der Waals surface area contributed by atoms with Gasteiger partial charge in [-0.3, -0.25) is 9.00 Å². The molecule has 4 nitrogen and oxygen atoms in total. The van der Waals surface area contributed by atoms with Crippen molar-refractivity contribution in [3.05, 3.63) is 28.1 Å². The molecule has 2 aromatic rings. The van der Waals surface area contributed by atoms with E-state index < -0.39 is 10.8 Å². The lowest BCUT2D eigenvalue weighted by molar-refractivity contribution is 0.0777. The summed E-state index contributed by atoms with van der Waals surface area (Å²) in [5, 5.41) is 1.32. The number of nitrogens with zero attached hydrogens (tertiary/aromatic N) is 1. The quantitative estimate of drug-likeness (QED) is 0.874. The highest BCUT2D eigenvalue weighted by molar-refractivity contribution is 7.85. The first kappa shape index (κ1) is 13.9. The minimum atomic E-state index is -0.800. The molecule has 1 amide bonds. The van der Waals surface area contributed by atoms with Crippen LogP contribution in [0.1, 0.15) is 9.67 Å². The first-order valence-electron chi connectivity index (χ1n) is 6.18. The molecule has 1 aromatic carbocycles. The van der Waals surface area contributed by atoms with Crippen LogP contribution in [0.25, 0.3) is 10.1 Å². The number of carbonyl (C=O) groups is 1. The first-order chi connectivity index (χ1) is 9.58. The van der Waals surface area contributed by atoms with Gasteiger partial charge in [-0.15, -0.1) is 11.3 Å². The number of thiophene rings is 1. The number of hydrogen-bond donors (Lipinski definition) is 1. The number of carbonyl (C=O) groups excluding carboxylic acids is 1. The summed E-state index contributed by atoms with van der Waals surface area (Å²) in [5.74, 6) is 0.991. The third kappa shape index (κ3) is 2.32. The van der Waals surface area contributed by atoms with Gasteiger partial charge < -0.3 is 10.6 Å². The number of nitrogens with two attached hydrogens (primary N) is 1. The normalized spacial score (nSPS) is 16.8. The van der Waals surface area contributed by atoms with E-state index in [1.165, 1.54) is 11.3 Å². The monoisotopic (exact) mass is 328 g/mol. The Kier molecular flexibility index (Phi) is 3.70. The molecular weight excluding hydrogens is 316 g/mol. The first-order valence-corrected chi connectivity index (χ1v) is 8.87. The van der Waals surface area contributed by atoms with Crippen molar-refractivity contribution in [2.45, 2.75) is 0 Å². The molecule has 20 heavy (non-hydrogen) atoms. The molecule has 0 spiro atoms. The number of amides is 1. The van der Waals surface area contributed by atoms with E-state index in [0.29, 0.717) is 40.2 Å². The van der Waals surface area contributed by atoms with Crippen LogP contribution in [0.3, 0.4) is 0 Å². The summed E-state index contributed by atoms with van der Waals surface area (Å²) in [4.78, 5) is 14.8. The van der Waals surface area contributed by atoms with E-state index in [-0.39, 0.29) is 5.91 Å². The van der Waals surface area contributed by atoms with Gasteiger partial charge in [0.25, 0.3) is 5.91 Å².